The lowest BCUT2D eigenvalue weighted by Gasteiger charge is -2.11. The van der Waals surface area contributed by atoms with E-state index in [1.165, 1.54) is 7.11 Å². The Morgan fingerprint density at radius 1 is 1.75 bits per heavy atom. The molecular formula is C10H18N2O3S. The normalized spacial score (nSPS) is 21.6. The summed E-state index contributed by atoms with van der Waals surface area (Å²) in [5.41, 5.74) is 5.59. The summed E-state index contributed by atoms with van der Waals surface area (Å²) < 4.78 is 4.53. The molecule has 3 N–H and O–H groups in total. The third-order valence-corrected chi connectivity index (χ3v) is 3.64. The van der Waals surface area contributed by atoms with E-state index in [1.54, 1.807) is 11.8 Å². The van der Waals surface area contributed by atoms with E-state index >= 15 is 0 Å². The molecule has 6 heteroatoms. The zero-order valence-electron chi connectivity index (χ0n) is 9.40. The Balaban J connectivity index is 2.03. The number of nitrogens with two attached hydrogens (primary N) is 1. The first-order chi connectivity index (χ1) is 7.63. The quantitative estimate of drug-likeness (QED) is 0.505. The molecule has 1 aliphatic heterocycles. The van der Waals surface area contributed by atoms with Crippen molar-refractivity contribution in [2.75, 3.05) is 18.6 Å². The monoisotopic (exact) mass is 246 g/mol. The van der Waals surface area contributed by atoms with E-state index in [4.69, 9.17) is 5.73 Å². The van der Waals surface area contributed by atoms with Crippen LogP contribution >= 0.6 is 11.8 Å². The van der Waals surface area contributed by atoms with Crippen molar-refractivity contribution < 1.29 is 14.3 Å². The van der Waals surface area contributed by atoms with Gasteiger partial charge in [0, 0.05) is 18.2 Å². The van der Waals surface area contributed by atoms with Crippen molar-refractivity contribution in [1.82, 2.24) is 5.32 Å². The number of thioether (sulfide) groups is 1. The molecule has 5 nitrogen and oxygen atoms in total. The average molecular weight is 246 g/mol. The standard InChI is InChI=1S/C10H18N2O3S/c1-15-10(14)8(11)4-5-16-6-7-2-3-9(13)12-7/h7-8H,2-6,11H2,1H3,(H,12,13). The Morgan fingerprint density at radius 3 is 3.06 bits per heavy atom. The Hall–Kier alpha value is -0.750. The van der Waals surface area contributed by atoms with Crippen molar-refractivity contribution in [3.05, 3.63) is 0 Å². The number of ether oxygens (including phenoxy) is 1. The minimum Gasteiger partial charge on any atom is -0.468 e. The van der Waals surface area contributed by atoms with Gasteiger partial charge >= 0.3 is 5.97 Å². The smallest absolute Gasteiger partial charge is 0.322 e. The average Bonchev–Trinajstić information content (AvgIpc) is 2.69. The van der Waals surface area contributed by atoms with Gasteiger partial charge in [-0.15, -0.1) is 0 Å². The van der Waals surface area contributed by atoms with Gasteiger partial charge in [-0.25, -0.2) is 0 Å². The highest BCUT2D eigenvalue weighted by Gasteiger charge is 2.20. The highest BCUT2D eigenvalue weighted by Crippen LogP contribution is 2.14. The second kappa shape index (κ2) is 6.75. The van der Waals surface area contributed by atoms with E-state index in [9.17, 15) is 9.59 Å². The first-order valence-corrected chi connectivity index (χ1v) is 6.49. The van der Waals surface area contributed by atoms with Crippen molar-refractivity contribution in [2.24, 2.45) is 5.73 Å². The van der Waals surface area contributed by atoms with Crippen LogP contribution in [-0.4, -0.2) is 42.6 Å². The number of amides is 1. The van der Waals surface area contributed by atoms with Crippen LogP contribution in [0.1, 0.15) is 19.3 Å². The topological polar surface area (TPSA) is 81.4 Å². The number of hydrogen-bond donors (Lipinski definition) is 2. The second-order valence-corrected chi connectivity index (χ2v) is 4.95. The summed E-state index contributed by atoms with van der Waals surface area (Å²) in [6, 6.07) is -0.248. The highest BCUT2D eigenvalue weighted by atomic mass is 32.2. The molecule has 0 aromatic carbocycles. The van der Waals surface area contributed by atoms with Crippen molar-refractivity contribution in [3.8, 4) is 0 Å². The van der Waals surface area contributed by atoms with Crippen LogP contribution in [0, 0.1) is 0 Å². The maximum absolute atomic E-state index is 11.0. The van der Waals surface area contributed by atoms with Crippen LogP contribution < -0.4 is 11.1 Å². The van der Waals surface area contributed by atoms with Gasteiger partial charge in [0.05, 0.1) is 7.11 Å². The lowest BCUT2D eigenvalue weighted by molar-refractivity contribution is -0.142. The van der Waals surface area contributed by atoms with Crippen LogP contribution in [0.2, 0.25) is 0 Å². The van der Waals surface area contributed by atoms with E-state index in [0.29, 0.717) is 12.8 Å². The van der Waals surface area contributed by atoms with Crippen molar-refractivity contribution in [1.29, 1.82) is 0 Å². The van der Waals surface area contributed by atoms with Crippen molar-refractivity contribution >= 4 is 23.6 Å². The van der Waals surface area contributed by atoms with Gasteiger partial charge in [-0.3, -0.25) is 9.59 Å². The number of nitrogens with one attached hydrogen (secondary N) is 1. The fraction of sp³-hybridized carbons (Fsp3) is 0.800. The zero-order chi connectivity index (χ0) is 12.0. The van der Waals surface area contributed by atoms with Gasteiger partial charge in [0.25, 0.3) is 0 Å². The summed E-state index contributed by atoms with van der Waals surface area (Å²) in [6.07, 6.45) is 2.15. The molecule has 1 fully saturated rings. The summed E-state index contributed by atoms with van der Waals surface area (Å²) in [7, 11) is 1.34. The van der Waals surface area contributed by atoms with Gasteiger partial charge in [-0.1, -0.05) is 0 Å². The minimum atomic E-state index is -0.532. The molecule has 0 aromatic rings. The summed E-state index contributed by atoms with van der Waals surface area (Å²) >= 11 is 1.71. The number of rotatable bonds is 6. The van der Waals surface area contributed by atoms with Gasteiger partial charge in [0.2, 0.25) is 5.91 Å². The van der Waals surface area contributed by atoms with E-state index < -0.39 is 6.04 Å². The fourth-order valence-corrected chi connectivity index (χ4v) is 2.63. The molecule has 0 bridgehead atoms. The van der Waals surface area contributed by atoms with Crippen molar-refractivity contribution in [2.45, 2.75) is 31.3 Å². The van der Waals surface area contributed by atoms with Crippen LogP contribution in [0.15, 0.2) is 0 Å². The first kappa shape index (κ1) is 13.3. The molecule has 92 valence electrons. The summed E-state index contributed by atoms with van der Waals surface area (Å²) in [5.74, 6) is 1.47. The lowest BCUT2D eigenvalue weighted by atomic mass is 10.2. The maximum Gasteiger partial charge on any atom is 0.322 e. The van der Waals surface area contributed by atoms with Gasteiger partial charge in [-0.2, -0.15) is 11.8 Å². The molecule has 2 unspecified atom stereocenters. The Labute approximate surface area is 99.5 Å². The summed E-state index contributed by atoms with van der Waals surface area (Å²) in [5, 5.41) is 2.89. The number of carbonyl (C=O) groups excluding carboxylic acids is 2. The van der Waals surface area contributed by atoms with Gasteiger partial charge in [0.1, 0.15) is 6.04 Å². The molecule has 1 saturated heterocycles. The number of esters is 1. The number of carbonyl (C=O) groups is 2. The maximum atomic E-state index is 11.0. The molecule has 0 aromatic heterocycles. The van der Waals surface area contributed by atoms with Crippen LogP contribution in [0.5, 0.6) is 0 Å². The van der Waals surface area contributed by atoms with Crippen LogP contribution in [-0.2, 0) is 14.3 Å². The highest BCUT2D eigenvalue weighted by molar-refractivity contribution is 7.99. The third kappa shape index (κ3) is 4.40. The van der Waals surface area contributed by atoms with Crippen molar-refractivity contribution in [3.63, 3.8) is 0 Å². The molecule has 16 heavy (non-hydrogen) atoms. The molecule has 0 saturated carbocycles. The Morgan fingerprint density at radius 2 is 2.50 bits per heavy atom. The van der Waals surface area contributed by atoms with Crippen LogP contribution in [0.3, 0.4) is 0 Å². The van der Waals surface area contributed by atoms with E-state index in [1.807, 2.05) is 0 Å². The molecule has 1 rings (SSSR count). The lowest BCUT2D eigenvalue weighted by Crippen LogP contribution is -2.32. The molecule has 1 heterocycles. The second-order valence-electron chi connectivity index (χ2n) is 3.80. The van der Waals surface area contributed by atoms with Crippen LogP contribution in [0.25, 0.3) is 0 Å². The molecule has 0 aliphatic carbocycles. The number of hydrogen-bond acceptors (Lipinski definition) is 5. The molecule has 1 aliphatic rings. The zero-order valence-corrected chi connectivity index (χ0v) is 10.2. The fourth-order valence-electron chi connectivity index (χ4n) is 1.51. The van der Waals surface area contributed by atoms with Gasteiger partial charge < -0.3 is 15.8 Å². The molecule has 2 atom stereocenters. The third-order valence-electron chi connectivity index (χ3n) is 2.48. The number of methoxy groups -OCH3 is 1. The predicted molar refractivity (Wildman–Crippen MR) is 63.1 cm³/mol. The summed E-state index contributed by atoms with van der Waals surface area (Å²) in [6.45, 7) is 0. The molecular weight excluding hydrogens is 228 g/mol. The van der Waals surface area contributed by atoms with Crippen LogP contribution in [0.4, 0.5) is 0 Å². The largest absolute Gasteiger partial charge is 0.468 e. The van der Waals surface area contributed by atoms with E-state index in [2.05, 4.69) is 10.1 Å². The molecule has 0 spiro atoms. The Kier molecular flexibility index (Phi) is 5.62. The SMILES string of the molecule is COC(=O)C(N)CCSCC1CCC(=O)N1. The minimum absolute atomic E-state index is 0.136. The predicted octanol–water partition coefficient (Wildman–Crippen LogP) is -0.111. The Bertz CT molecular complexity index is 260. The van der Waals surface area contributed by atoms with E-state index in [0.717, 1.165) is 17.9 Å². The van der Waals surface area contributed by atoms with E-state index in [-0.39, 0.29) is 17.9 Å². The molecule has 1 amide bonds. The first-order valence-electron chi connectivity index (χ1n) is 5.34. The molecule has 0 radical (unpaired) electrons. The summed E-state index contributed by atoms with van der Waals surface area (Å²) in [4.78, 5) is 21.9. The van der Waals surface area contributed by atoms with Gasteiger partial charge in [0.15, 0.2) is 0 Å². The van der Waals surface area contributed by atoms with Gasteiger partial charge in [-0.05, 0) is 18.6 Å².